The van der Waals surface area contributed by atoms with Crippen LogP contribution in [0.25, 0.3) is 0 Å². The van der Waals surface area contributed by atoms with Gasteiger partial charge in [0.2, 0.25) is 0 Å². The fraction of sp³-hybridized carbons (Fsp3) is 0.406. The molecular weight excluding hydrogens is 925 g/mol. The van der Waals surface area contributed by atoms with E-state index in [2.05, 4.69) is 86.6 Å². The summed E-state index contributed by atoms with van der Waals surface area (Å²) < 4.78 is 15.4. The lowest BCUT2D eigenvalue weighted by Crippen LogP contribution is -2.32. The summed E-state index contributed by atoms with van der Waals surface area (Å²) in [5, 5.41) is 26.0. The van der Waals surface area contributed by atoms with Crippen LogP contribution in [0.4, 0.5) is 0 Å². The number of hydrogen-bond donors (Lipinski definition) is 5. The maximum Gasteiger partial charge on any atom is 0.320 e. The van der Waals surface area contributed by atoms with Crippen molar-refractivity contribution < 1.29 is 39.1 Å². The number of aldehydes is 1. The van der Waals surface area contributed by atoms with Gasteiger partial charge in [0.05, 0.1) is 32.0 Å². The molecule has 3 aliphatic rings. The molecule has 74 heavy (non-hydrogen) atoms. The summed E-state index contributed by atoms with van der Waals surface area (Å²) >= 11 is 0. The quantitative estimate of drug-likeness (QED) is 0.0411. The minimum absolute atomic E-state index is 0.0505. The van der Waals surface area contributed by atoms with E-state index in [9.17, 15) is 9.59 Å². The van der Waals surface area contributed by atoms with Crippen molar-refractivity contribution in [2.24, 2.45) is 35.1 Å². The number of aliphatic carboxylic acids is 1. The van der Waals surface area contributed by atoms with E-state index in [0.29, 0.717) is 36.4 Å². The highest BCUT2D eigenvalue weighted by molar-refractivity contribution is 5.73. The molecule has 10 nitrogen and oxygen atoms in total. The molecule has 0 bridgehead atoms. The number of ether oxygens (including phenoxy) is 3. The van der Waals surface area contributed by atoms with Gasteiger partial charge in [-0.2, -0.15) is 0 Å². The molecule has 400 valence electrons. The molecule has 7 N–H and O–H groups in total. The van der Waals surface area contributed by atoms with Crippen molar-refractivity contribution in [3.8, 4) is 0 Å². The Morgan fingerprint density at radius 3 is 1.08 bits per heavy atom. The fourth-order valence-electron chi connectivity index (χ4n) is 7.56. The van der Waals surface area contributed by atoms with Gasteiger partial charge >= 0.3 is 5.97 Å². The number of benzene rings is 6. The summed E-state index contributed by atoms with van der Waals surface area (Å²) in [6.45, 7) is 12.7. The Labute approximate surface area is 443 Å². The maximum absolute atomic E-state index is 10.4. The number of carbonyl (C=O) groups is 2. The smallest absolute Gasteiger partial charge is 0.320 e. The summed E-state index contributed by atoms with van der Waals surface area (Å²) in [6, 6.07) is 59.8. The first-order chi connectivity index (χ1) is 35.9. The number of hydrogen-bond acceptors (Lipinski definition) is 9. The average molecular weight is 1010 g/mol. The number of carboxylic acids is 1. The van der Waals surface area contributed by atoms with E-state index in [1.54, 1.807) is 0 Å². The number of aliphatic hydroxyl groups is 2. The second kappa shape index (κ2) is 38.7. The van der Waals surface area contributed by atoms with E-state index >= 15 is 0 Å². The van der Waals surface area contributed by atoms with Gasteiger partial charge < -0.3 is 45.8 Å². The SMILES string of the molecule is C1CCOC1.C[C@@H](Cc1ccccc1)[C@@H]1CO1.C[C@@H](Cc1ccccc1)[C@H]1CO1.C[C@H](C=O)Cc1ccccc1.C[C@H](CO)Cc1ccccc1.N[C@@H](Cc1ccccc1)C(=O)O.N[C@H](CO)Cc1ccccc1. The van der Waals surface area contributed by atoms with Crippen molar-refractivity contribution in [1.82, 2.24) is 0 Å². The van der Waals surface area contributed by atoms with Crippen molar-refractivity contribution in [2.45, 2.75) is 103 Å². The van der Waals surface area contributed by atoms with E-state index in [1.807, 2.05) is 123 Å². The van der Waals surface area contributed by atoms with E-state index in [4.69, 9.17) is 41.0 Å². The first-order valence-electron chi connectivity index (χ1n) is 26.4. The molecule has 0 saturated carbocycles. The fourth-order valence-corrected chi connectivity index (χ4v) is 7.56. The molecule has 0 spiro atoms. The molecule has 0 aliphatic carbocycles. The van der Waals surface area contributed by atoms with Crippen LogP contribution in [0.5, 0.6) is 0 Å². The Kier molecular flexibility index (Phi) is 32.7. The zero-order chi connectivity index (χ0) is 53.6. The number of carbonyl (C=O) groups excluding carboxylic acids is 1. The standard InChI is InChI=1S/2C11H14O.C10H14O.C10H12O.C9H11NO2.C9H13NO.C4H8O/c2*1-9(11-8-12-11)7-10-5-3-2-4-6-10;2*1-9(8-11)7-10-5-3-2-4-6-10;10-8(9(11)12)6-7-4-2-1-3-5-7;10-9(7-11)6-8-4-2-1-3-5-8;1-2-4-5-3-1/h2*2-6,9,11H,7-8H2,1H3;2-6,9,11H,7-8H2,1H3;2-6,8-9H,7H2,1H3;1-5,8H,6,10H2,(H,11,12);1-5,9,11H,6-7,10H2;1-4H2/t9-,11+;9-,11-;2*9-;8-;9-;/m000000./s1. The lowest BCUT2D eigenvalue weighted by atomic mass is 9.99. The van der Waals surface area contributed by atoms with E-state index in [0.717, 1.165) is 70.4 Å². The van der Waals surface area contributed by atoms with Crippen molar-refractivity contribution >= 4 is 12.3 Å². The van der Waals surface area contributed by atoms with Crippen LogP contribution in [0.2, 0.25) is 0 Å². The largest absolute Gasteiger partial charge is 0.480 e. The van der Waals surface area contributed by atoms with Crippen LogP contribution in [-0.4, -0.2) is 91.5 Å². The van der Waals surface area contributed by atoms with Crippen LogP contribution in [0, 0.1) is 23.7 Å². The molecule has 3 heterocycles. The molecular formula is C64H86N2O8. The molecule has 6 aromatic carbocycles. The lowest BCUT2D eigenvalue weighted by molar-refractivity contribution is -0.138. The van der Waals surface area contributed by atoms with Crippen molar-refractivity contribution in [2.75, 3.05) is 39.6 Å². The van der Waals surface area contributed by atoms with Crippen LogP contribution < -0.4 is 11.5 Å². The predicted octanol–water partition coefficient (Wildman–Crippen LogP) is 10.4. The van der Waals surface area contributed by atoms with Gasteiger partial charge in [0.15, 0.2) is 0 Å². The Balaban J connectivity index is 0.000000230. The third-order valence-electron chi connectivity index (χ3n) is 12.2. The Hall–Kier alpha value is -5.82. The van der Waals surface area contributed by atoms with E-state index < -0.39 is 12.0 Å². The van der Waals surface area contributed by atoms with Crippen molar-refractivity contribution in [3.05, 3.63) is 215 Å². The predicted molar refractivity (Wildman–Crippen MR) is 301 cm³/mol. The Bertz CT molecular complexity index is 2140. The van der Waals surface area contributed by atoms with Gasteiger partial charge in [-0.1, -0.05) is 210 Å². The molecule has 0 unspecified atom stereocenters. The van der Waals surface area contributed by atoms with Crippen LogP contribution in [0.1, 0.15) is 73.9 Å². The van der Waals surface area contributed by atoms with E-state index in [1.165, 1.54) is 40.7 Å². The number of nitrogens with two attached hydrogens (primary N) is 2. The van der Waals surface area contributed by atoms with Gasteiger partial charge in [0.25, 0.3) is 0 Å². The number of carboxylic acid groups (broad SMARTS) is 1. The highest BCUT2D eigenvalue weighted by Gasteiger charge is 2.29. The van der Waals surface area contributed by atoms with Crippen LogP contribution >= 0.6 is 0 Å². The zero-order valence-electron chi connectivity index (χ0n) is 44.5. The summed E-state index contributed by atoms with van der Waals surface area (Å²) in [7, 11) is 0. The van der Waals surface area contributed by atoms with Crippen molar-refractivity contribution in [3.63, 3.8) is 0 Å². The summed E-state index contributed by atoms with van der Waals surface area (Å²) in [6.07, 6.45) is 9.86. The van der Waals surface area contributed by atoms with E-state index in [-0.39, 0.29) is 25.2 Å². The Morgan fingerprint density at radius 1 is 0.500 bits per heavy atom. The monoisotopic (exact) mass is 1010 g/mol. The lowest BCUT2D eigenvalue weighted by Gasteiger charge is -2.06. The minimum Gasteiger partial charge on any atom is -0.480 e. The van der Waals surface area contributed by atoms with Crippen LogP contribution in [-0.2, 0) is 62.3 Å². The summed E-state index contributed by atoms with van der Waals surface area (Å²) in [4.78, 5) is 20.7. The molecule has 0 aromatic heterocycles. The van der Waals surface area contributed by atoms with Gasteiger partial charge in [-0.15, -0.1) is 0 Å². The number of aliphatic hydroxyl groups excluding tert-OH is 2. The highest BCUT2D eigenvalue weighted by atomic mass is 16.6. The number of rotatable bonds is 18. The molecule has 3 saturated heterocycles. The molecule has 3 aliphatic heterocycles. The first-order valence-corrected chi connectivity index (χ1v) is 26.4. The zero-order valence-corrected chi connectivity index (χ0v) is 44.5. The molecule has 9 rings (SSSR count). The van der Waals surface area contributed by atoms with Gasteiger partial charge in [0, 0.05) is 31.8 Å². The summed E-state index contributed by atoms with van der Waals surface area (Å²) in [5.74, 6) is 0.897. The normalized spacial score (nSPS) is 17.0. The van der Waals surface area contributed by atoms with Crippen LogP contribution in [0.3, 0.4) is 0 Å². The topological polar surface area (TPSA) is 181 Å². The maximum atomic E-state index is 10.4. The summed E-state index contributed by atoms with van der Waals surface area (Å²) in [5.41, 5.74) is 18.4. The van der Waals surface area contributed by atoms with Crippen LogP contribution in [0.15, 0.2) is 182 Å². The Morgan fingerprint density at radius 2 is 0.811 bits per heavy atom. The molecule has 6 aromatic rings. The molecule has 10 heteroatoms. The second-order valence-electron chi connectivity index (χ2n) is 19.4. The van der Waals surface area contributed by atoms with Gasteiger partial charge in [-0.25, -0.2) is 0 Å². The van der Waals surface area contributed by atoms with Gasteiger partial charge in [-0.05, 0) is 103 Å². The highest BCUT2D eigenvalue weighted by Crippen LogP contribution is 2.24. The van der Waals surface area contributed by atoms with Gasteiger partial charge in [-0.3, -0.25) is 4.79 Å². The van der Waals surface area contributed by atoms with Crippen molar-refractivity contribution in [1.29, 1.82) is 0 Å². The third-order valence-corrected chi connectivity index (χ3v) is 12.2. The molecule has 0 amide bonds. The third kappa shape index (κ3) is 31.0. The number of epoxide rings is 2. The van der Waals surface area contributed by atoms with Gasteiger partial charge in [0.1, 0.15) is 12.3 Å². The molecule has 0 radical (unpaired) electrons. The first kappa shape index (κ1) is 62.5. The average Bonchev–Trinajstić information content (AvgIpc) is 4.39. The molecule has 3 fully saturated rings. The minimum atomic E-state index is -0.959. The second-order valence-corrected chi connectivity index (χ2v) is 19.4. The molecule has 8 atom stereocenters.